The van der Waals surface area contributed by atoms with Gasteiger partial charge in [-0.1, -0.05) is 16.8 Å². The summed E-state index contributed by atoms with van der Waals surface area (Å²) in [6.45, 7) is 6.31. The van der Waals surface area contributed by atoms with Gasteiger partial charge < -0.3 is 14.2 Å². The second-order valence-electron chi connectivity index (χ2n) is 6.15. The van der Waals surface area contributed by atoms with Crippen molar-refractivity contribution in [1.29, 1.82) is 0 Å². The van der Waals surface area contributed by atoms with E-state index in [-0.39, 0.29) is 11.5 Å². The van der Waals surface area contributed by atoms with Gasteiger partial charge in [-0.15, -0.1) is 0 Å². The summed E-state index contributed by atoms with van der Waals surface area (Å²) in [5, 5.41) is 3.82. The van der Waals surface area contributed by atoms with E-state index in [2.05, 4.69) is 18.2 Å². The molecule has 1 aromatic heterocycles. The van der Waals surface area contributed by atoms with E-state index in [4.69, 9.17) is 9.26 Å². The van der Waals surface area contributed by atoms with Crippen LogP contribution >= 0.6 is 0 Å². The highest BCUT2D eigenvalue weighted by Gasteiger charge is 2.36. The highest BCUT2D eigenvalue weighted by atomic mass is 16.5. The minimum atomic E-state index is -0.137. The molecular weight excluding hydrogens is 268 g/mol. The van der Waals surface area contributed by atoms with Crippen LogP contribution in [0.3, 0.4) is 0 Å². The maximum Gasteiger partial charge on any atom is 0.230 e. The highest BCUT2D eigenvalue weighted by Crippen LogP contribution is 2.33. The zero-order valence-corrected chi connectivity index (χ0v) is 12.7. The zero-order chi connectivity index (χ0) is 14.9. The van der Waals surface area contributed by atoms with E-state index in [0.29, 0.717) is 12.2 Å². The summed E-state index contributed by atoms with van der Waals surface area (Å²) in [7, 11) is 0. The van der Waals surface area contributed by atoms with Crippen LogP contribution in [0.15, 0.2) is 22.2 Å². The lowest BCUT2D eigenvalue weighted by atomic mass is 9.87. The summed E-state index contributed by atoms with van der Waals surface area (Å²) in [4.78, 5) is 14.2. The molecule has 0 atom stereocenters. The van der Waals surface area contributed by atoms with E-state index in [1.807, 2.05) is 17.9 Å². The van der Waals surface area contributed by atoms with E-state index >= 15 is 0 Å². The Hall–Kier alpha value is -1.62. The van der Waals surface area contributed by atoms with Crippen molar-refractivity contribution in [2.45, 2.75) is 45.1 Å². The number of hydrogen-bond donors (Lipinski definition) is 0. The summed E-state index contributed by atoms with van der Waals surface area (Å²) in [6.07, 6.45) is 5.34. The molecule has 0 radical (unpaired) electrons. The van der Waals surface area contributed by atoms with Crippen LogP contribution in [0.1, 0.15) is 37.6 Å². The molecule has 0 saturated carbocycles. The molecule has 1 spiro atoms. The Morgan fingerprint density at radius 2 is 2.14 bits per heavy atom. The van der Waals surface area contributed by atoms with Crippen LogP contribution in [0.4, 0.5) is 0 Å². The van der Waals surface area contributed by atoms with Gasteiger partial charge in [0.25, 0.3) is 0 Å². The highest BCUT2D eigenvalue weighted by molar-refractivity contribution is 5.78. The van der Waals surface area contributed by atoms with Gasteiger partial charge in [-0.25, -0.2) is 0 Å². The summed E-state index contributed by atoms with van der Waals surface area (Å²) >= 11 is 0. The fraction of sp³-hybridized carbons (Fsp3) is 0.625. The molecule has 1 aromatic rings. The summed E-state index contributed by atoms with van der Waals surface area (Å²) < 4.78 is 11.1. The van der Waals surface area contributed by atoms with Crippen LogP contribution < -0.4 is 0 Å². The number of piperidine rings is 1. The van der Waals surface area contributed by atoms with E-state index in [0.717, 1.165) is 44.7 Å². The Morgan fingerprint density at radius 1 is 1.38 bits per heavy atom. The fourth-order valence-electron chi connectivity index (χ4n) is 3.16. The molecule has 114 valence electrons. The number of aromatic nitrogens is 1. The number of hydrogen-bond acceptors (Lipinski definition) is 4. The van der Waals surface area contributed by atoms with E-state index in [9.17, 15) is 4.79 Å². The minimum absolute atomic E-state index is 0.109. The third-order valence-corrected chi connectivity index (χ3v) is 4.36. The van der Waals surface area contributed by atoms with Crippen molar-refractivity contribution in [3.63, 3.8) is 0 Å². The largest absolute Gasteiger partial charge is 0.370 e. The molecule has 1 amide bonds. The second-order valence-corrected chi connectivity index (χ2v) is 6.15. The molecule has 1 fully saturated rings. The molecule has 0 aromatic carbocycles. The number of amides is 1. The molecule has 5 nitrogen and oxygen atoms in total. The summed E-state index contributed by atoms with van der Waals surface area (Å²) in [5.41, 5.74) is 2.08. The Morgan fingerprint density at radius 3 is 2.76 bits per heavy atom. The van der Waals surface area contributed by atoms with E-state index in [1.54, 1.807) is 0 Å². The number of carbonyl (C=O) groups is 1. The van der Waals surface area contributed by atoms with Gasteiger partial charge in [0.2, 0.25) is 5.91 Å². The first-order valence-corrected chi connectivity index (χ1v) is 7.59. The van der Waals surface area contributed by atoms with Crippen LogP contribution in [0.25, 0.3) is 0 Å². The van der Waals surface area contributed by atoms with Crippen LogP contribution in [0.2, 0.25) is 0 Å². The van der Waals surface area contributed by atoms with Gasteiger partial charge in [-0.2, -0.15) is 0 Å². The molecule has 0 N–H and O–H groups in total. The number of nitrogens with zero attached hydrogens (tertiary/aromatic N) is 2. The molecule has 5 heteroatoms. The Labute approximate surface area is 124 Å². The smallest absolute Gasteiger partial charge is 0.230 e. The lowest BCUT2D eigenvalue weighted by molar-refractivity contribution is -0.135. The predicted molar refractivity (Wildman–Crippen MR) is 77.8 cm³/mol. The van der Waals surface area contributed by atoms with Crippen molar-refractivity contribution < 1.29 is 14.1 Å². The number of ether oxygens (including phenoxy) is 1. The topological polar surface area (TPSA) is 55.6 Å². The Kier molecular flexibility index (Phi) is 3.85. The number of aryl methyl sites for hydroxylation is 1. The van der Waals surface area contributed by atoms with Crippen LogP contribution in [0, 0.1) is 6.92 Å². The monoisotopic (exact) mass is 290 g/mol. The van der Waals surface area contributed by atoms with Crippen LogP contribution in [0.5, 0.6) is 0 Å². The average Bonchev–Trinajstić information content (AvgIpc) is 2.84. The van der Waals surface area contributed by atoms with Crippen LogP contribution in [-0.2, 0) is 16.0 Å². The van der Waals surface area contributed by atoms with Crippen molar-refractivity contribution >= 4 is 5.91 Å². The van der Waals surface area contributed by atoms with Gasteiger partial charge in [0.05, 0.1) is 24.3 Å². The molecule has 3 rings (SSSR count). The van der Waals surface area contributed by atoms with Gasteiger partial charge in [0, 0.05) is 19.2 Å². The molecule has 0 unspecified atom stereocenters. The lowest BCUT2D eigenvalue weighted by Gasteiger charge is -2.42. The minimum Gasteiger partial charge on any atom is -0.370 e. The Balaban J connectivity index is 1.58. The van der Waals surface area contributed by atoms with Gasteiger partial charge >= 0.3 is 0 Å². The number of carbonyl (C=O) groups excluding carboxylic acids is 1. The number of likely N-dealkylation sites (tertiary alicyclic amines) is 1. The molecule has 1 saturated heterocycles. The van der Waals surface area contributed by atoms with Crippen molar-refractivity contribution in [2.75, 3.05) is 19.7 Å². The first-order chi connectivity index (χ1) is 10.1. The first kappa shape index (κ1) is 14.3. The zero-order valence-electron chi connectivity index (χ0n) is 12.7. The van der Waals surface area contributed by atoms with Gasteiger partial charge in [-0.05, 0) is 33.1 Å². The number of rotatable bonds is 2. The van der Waals surface area contributed by atoms with Crippen LogP contribution in [-0.4, -0.2) is 41.3 Å². The third-order valence-electron chi connectivity index (χ3n) is 4.36. The third kappa shape index (κ3) is 3.18. The van der Waals surface area contributed by atoms with Gasteiger partial charge in [0.15, 0.2) is 0 Å². The maximum absolute atomic E-state index is 12.3. The molecule has 2 aliphatic rings. The average molecular weight is 290 g/mol. The normalized spacial score (nSPS) is 21.4. The fourth-order valence-corrected chi connectivity index (χ4v) is 3.16. The van der Waals surface area contributed by atoms with Gasteiger partial charge in [0.1, 0.15) is 5.76 Å². The SMILES string of the molecule is CC1=CC2(CCN(C(=O)Cc3cc(C)no3)CC2)OCC1. The Bertz CT molecular complexity index is 554. The van der Waals surface area contributed by atoms with Crippen molar-refractivity contribution in [2.24, 2.45) is 0 Å². The molecule has 21 heavy (non-hydrogen) atoms. The molecule has 0 bridgehead atoms. The first-order valence-electron chi connectivity index (χ1n) is 7.59. The molecule has 3 heterocycles. The second kappa shape index (κ2) is 5.64. The molecule has 0 aliphatic carbocycles. The van der Waals surface area contributed by atoms with Crippen molar-refractivity contribution in [3.05, 3.63) is 29.2 Å². The quantitative estimate of drug-likeness (QED) is 0.784. The van der Waals surface area contributed by atoms with E-state index < -0.39 is 0 Å². The van der Waals surface area contributed by atoms with Crippen molar-refractivity contribution in [1.82, 2.24) is 10.1 Å². The summed E-state index contributed by atoms with van der Waals surface area (Å²) in [6, 6.07) is 1.82. The lowest BCUT2D eigenvalue weighted by Crippen LogP contribution is -2.48. The standard InChI is InChI=1S/C16H22N2O3/c1-12-3-8-20-16(11-12)4-6-18(7-5-16)15(19)10-14-9-13(2)17-21-14/h9,11H,3-8,10H2,1-2H3. The van der Waals surface area contributed by atoms with Gasteiger partial charge in [-0.3, -0.25) is 4.79 Å². The molecular formula is C16H22N2O3. The summed E-state index contributed by atoms with van der Waals surface area (Å²) in [5.74, 6) is 0.750. The maximum atomic E-state index is 12.3. The molecule has 2 aliphatic heterocycles. The van der Waals surface area contributed by atoms with Crippen molar-refractivity contribution in [3.8, 4) is 0 Å². The van der Waals surface area contributed by atoms with E-state index in [1.165, 1.54) is 5.57 Å². The predicted octanol–water partition coefficient (Wildman–Crippen LogP) is 2.25.